The zero-order valence-corrected chi connectivity index (χ0v) is 12.4. The van der Waals surface area contributed by atoms with Crippen molar-refractivity contribution in [2.45, 2.75) is 40.0 Å². The normalized spacial score (nSPS) is 14.1. The minimum Gasteiger partial charge on any atom is -0.326 e. The molecule has 1 heterocycles. The molecule has 1 N–H and O–H groups in total. The molecule has 0 radical (unpaired) electrons. The van der Waals surface area contributed by atoms with Crippen molar-refractivity contribution in [2.75, 3.05) is 16.8 Å². The molecule has 0 unspecified atom stereocenters. The summed E-state index contributed by atoms with van der Waals surface area (Å²) >= 11 is 0. The van der Waals surface area contributed by atoms with Crippen LogP contribution in [-0.4, -0.2) is 18.4 Å². The van der Waals surface area contributed by atoms with Crippen molar-refractivity contribution in [1.29, 1.82) is 0 Å². The van der Waals surface area contributed by atoms with Crippen LogP contribution in [-0.2, 0) is 16.0 Å². The molecule has 0 bridgehead atoms. The van der Waals surface area contributed by atoms with Crippen LogP contribution in [0.3, 0.4) is 0 Å². The van der Waals surface area contributed by atoms with Crippen molar-refractivity contribution < 1.29 is 9.59 Å². The van der Waals surface area contributed by atoms with Gasteiger partial charge in [0, 0.05) is 31.3 Å². The summed E-state index contributed by atoms with van der Waals surface area (Å²) in [5.74, 6) is 0.406. The molecular formula is C16H22N2O2. The minimum absolute atomic E-state index is 0.0186. The largest absolute Gasteiger partial charge is 0.326 e. The number of rotatable bonds is 3. The highest BCUT2D eigenvalue weighted by molar-refractivity contribution is 5.95. The molecule has 108 valence electrons. The highest BCUT2D eigenvalue weighted by atomic mass is 16.2. The summed E-state index contributed by atoms with van der Waals surface area (Å²) in [5.41, 5.74) is 2.88. The predicted octanol–water partition coefficient (Wildman–Crippen LogP) is 2.97. The van der Waals surface area contributed by atoms with Crippen molar-refractivity contribution in [3.8, 4) is 0 Å². The molecule has 1 aliphatic rings. The van der Waals surface area contributed by atoms with Crippen LogP contribution in [0.2, 0.25) is 0 Å². The van der Waals surface area contributed by atoms with E-state index < -0.39 is 0 Å². The van der Waals surface area contributed by atoms with Gasteiger partial charge in [0.15, 0.2) is 0 Å². The lowest BCUT2D eigenvalue weighted by Gasteiger charge is -2.29. The first-order valence-electron chi connectivity index (χ1n) is 7.18. The number of hydrogen-bond donors (Lipinski definition) is 1. The lowest BCUT2D eigenvalue weighted by molar-refractivity contribution is -0.117. The molecule has 0 spiro atoms. The van der Waals surface area contributed by atoms with Crippen molar-refractivity contribution in [1.82, 2.24) is 0 Å². The third-order valence-electron chi connectivity index (χ3n) is 3.46. The van der Waals surface area contributed by atoms with E-state index in [1.54, 1.807) is 11.8 Å². The molecule has 0 aliphatic carbocycles. The molecule has 4 nitrogen and oxygen atoms in total. The predicted molar refractivity (Wildman–Crippen MR) is 80.9 cm³/mol. The summed E-state index contributed by atoms with van der Waals surface area (Å²) in [6, 6.07) is 5.84. The summed E-state index contributed by atoms with van der Waals surface area (Å²) in [7, 11) is 0. The van der Waals surface area contributed by atoms with Crippen LogP contribution >= 0.6 is 0 Å². The van der Waals surface area contributed by atoms with E-state index in [0.29, 0.717) is 12.3 Å². The van der Waals surface area contributed by atoms with Gasteiger partial charge in [0.2, 0.25) is 11.8 Å². The average molecular weight is 274 g/mol. The highest BCUT2D eigenvalue weighted by Gasteiger charge is 2.20. The van der Waals surface area contributed by atoms with Gasteiger partial charge in [0.25, 0.3) is 0 Å². The van der Waals surface area contributed by atoms with Crippen molar-refractivity contribution >= 4 is 23.2 Å². The van der Waals surface area contributed by atoms with Gasteiger partial charge in [-0.05, 0) is 36.5 Å². The number of benzene rings is 1. The van der Waals surface area contributed by atoms with Gasteiger partial charge in [0.1, 0.15) is 0 Å². The van der Waals surface area contributed by atoms with E-state index >= 15 is 0 Å². The lowest BCUT2D eigenvalue weighted by Crippen LogP contribution is -2.33. The Labute approximate surface area is 120 Å². The Morgan fingerprint density at radius 3 is 2.75 bits per heavy atom. The maximum absolute atomic E-state index is 11.8. The number of aryl methyl sites for hydroxylation is 1. The van der Waals surface area contributed by atoms with E-state index in [1.807, 2.05) is 32.0 Å². The monoisotopic (exact) mass is 274 g/mol. The number of anilines is 2. The Balaban J connectivity index is 2.19. The summed E-state index contributed by atoms with van der Waals surface area (Å²) in [6.45, 7) is 6.37. The Morgan fingerprint density at radius 1 is 1.35 bits per heavy atom. The second-order valence-corrected chi connectivity index (χ2v) is 5.76. The number of hydrogen-bond acceptors (Lipinski definition) is 2. The fourth-order valence-corrected chi connectivity index (χ4v) is 2.56. The molecule has 2 rings (SSSR count). The van der Waals surface area contributed by atoms with Gasteiger partial charge in [0.05, 0.1) is 0 Å². The standard InChI is InChI=1S/C16H22N2O2/c1-11(2)9-16(20)17-14-7-6-13-5-4-8-18(12(3)19)15(13)10-14/h6-7,10-11H,4-5,8-9H2,1-3H3,(H,17,20). The summed E-state index contributed by atoms with van der Waals surface area (Å²) < 4.78 is 0. The van der Waals surface area contributed by atoms with Gasteiger partial charge in [-0.25, -0.2) is 0 Å². The molecular weight excluding hydrogens is 252 g/mol. The number of amides is 2. The maximum Gasteiger partial charge on any atom is 0.224 e. The van der Waals surface area contributed by atoms with Gasteiger partial charge in [-0.2, -0.15) is 0 Å². The average Bonchev–Trinajstić information content (AvgIpc) is 2.36. The third-order valence-corrected chi connectivity index (χ3v) is 3.46. The van der Waals surface area contributed by atoms with Crippen LogP contribution < -0.4 is 10.2 Å². The molecule has 20 heavy (non-hydrogen) atoms. The Kier molecular flexibility index (Phi) is 4.42. The zero-order chi connectivity index (χ0) is 14.7. The molecule has 0 saturated carbocycles. The van der Waals surface area contributed by atoms with Crippen LogP contribution in [0.25, 0.3) is 0 Å². The van der Waals surface area contributed by atoms with Gasteiger partial charge in [-0.15, -0.1) is 0 Å². The van der Waals surface area contributed by atoms with Gasteiger partial charge in [-0.1, -0.05) is 19.9 Å². The first-order chi connectivity index (χ1) is 9.47. The number of carbonyl (C=O) groups is 2. The molecule has 0 aromatic heterocycles. The van der Waals surface area contributed by atoms with E-state index in [9.17, 15) is 9.59 Å². The van der Waals surface area contributed by atoms with Gasteiger partial charge >= 0.3 is 0 Å². The van der Waals surface area contributed by atoms with Crippen LogP contribution in [0, 0.1) is 5.92 Å². The molecule has 1 aromatic rings. The number of nitrogens with zero attached hydrogens (tertiary/aromatic N) is 1. The minimum atomic E-state index is 0.0186. The first kappa shape index (κ1) is 14.6. The summed E-state index contributed by atoms with van der Waals surface area (Å²) in [5, 5.41) is 2.91. The molecule has 0 fully saturated rings. The van der Waals surface area contributed by atoms with Crippen LogP contribution in [0.4, 0.5) is 11.4 Å². The summed E-state index contributed by atoms with van der Waals surface area (Å²) in [4.78, 5) is 25.3. The molecule has 1 aliphatic heterocycles. The van der Waals surface area contributed by atoms with E-state index in [0.717, 1.165) is 30.8 Å². The Morgan fingerprint density at radius 2 is 2.10 bits per heavy atom. The summed E-state index contributed by atoms with van der Waals surface area (Å²) in [6.07, 6.45) is 2.48. The second-order valence-electron chi connectivity index (χ2n) is 5.76. The molecule has 4 heteroatoms. The Bertz CT molecular complexity index is 523. The number of fused-ring (bicyclic) bond motifs is 1. The van der Waals surface area contributed by atoms with Gasteiger partial charge in [-0.3, -0.25) is 9.59 Å². The van der Waals surface area contributed by atoms with E-state index in [1.165, 1.54) is 5.56 Å². The van der Waals surface area contributed by atoms with Crippen LogP contribution in [0.1, 0.15) is 39.2 Å². The molecule has 1 aromatic carbocycles. The van der Waals surface area contributed by atoms with E-state index in [2.05, 4.69) is 5.32 Å². The number of carbonyl (C=O) groups excluding carboxylic acids is 2. The molecule has 2 amide bonds. The second kappa shape index (κ2) is 6.07. The Hall–Kier alpha value is -1.84. The van der Waals surface area contributed by atoms with Gasteiger partial charge < -0.3 is 10.2 Å². The maximum atomic E-state index is 11.8. The van der Waals surface area contributed by atoms with Crippen LogP contribution in [0.15, 0.2) is 18.2 Å². The van der Waals surface area contributed by atoms with Crippen LogP contribution in [0.5, 0.6) is 0 Å². The highest BCUT2D eigenvalue weighted by Crippen LogP contribution is 2.30. The first-order valence-corrected chi connectivity index (χ1v) is 7.18. The quantitative estimate of drug-likeness (QED) is 0.921. The zero-order valence-electron chi connectivity index (χ0n) is 12.4. The van der Waals surface area contributed by atoms with Crippen molar-refractivity contribution in [3.05, 3.63) is 23.8 Å². The molecule has 0 saturated heterocycles. The van der Waals surface area contributed by atoms with Crippen molar-refractivity contribution in [2.24, 2.45) is 5.92 Å². The van der Waals surface area contributed by atoms with E-state index in [-0.39, 0.29) is 11.8 Å². The lowest BCUT2D eigenvalue weighted by atomic mass is 10.0. The topological polar surface area (TPSA) is 49.4 Å². The smallest absolute Gasteiger partial charge is 0.224 e. The number of nitrogens with one attached hydrogen (secondary N) is 1. The fourth-order valence-electron chi connectivity index (χ4n) is 2.56. The SMILES string of the molecule is CC(=O)N1CCCc2ccc(NC(=O)CC(C)C)cc21. The third kappa shape index (κ3) is 3.38. The van der Waals surface area contributed by atoms with E-state index in [4.69, 9.17) is 0 Å². The fraction of sp³-hybridized carbons (Fsp3) is 0.500. The van der Waals surface area contributed by atoms with Crippen molar-refractivity contribution in [3.63, 3.8) is 0 Å². The molecule has 0 atom stereocenters.